The lowest BCUT2D eigenvalue weighted by molar-refractivity contribution is -0.114. The first-order valence-electron chi connectivity index (χ1n) is 9.40. The summed E-state index contributed by atoms with van der Waals surface area (Å²) in [7, 11) is 0. The Balaban J connectivity index is 1.87. The van der Waals surface area contributed by atoms with E-state index in [1.165, 1.54) is 6.92 Å². The SMILES string of the molecule is CC(=O)Nc1c(C)cc(/N=N/c2ccc(N)cc2NC(=O)c2ccccc2)cc1C. The lowest BCUT2D eigenvalue weighted by Crippen LogP contribution is -2.11. The number of carbonyl (C=O) groups excluding carboxylic acids is 2. The zero-order chi connectivity index (χ0) is 21.7. The number of benzene rings is 3. The van der Waals surface area contributed by atoms with Crippen LogP contribution in [-0.4, -0.2) is 11.8 Å². The fourth-order valence-corrected chi connectivity index (χ4v) is 3.01. The molecule has 3 aromatic carbocycles. The van der Waals surface area contributed by atoms with Crippen molar-refractivity contribution >= 4 is 40.3 Å². The second kappa shape index (κ2) is 9.00. The number of nitrogen functional groups attached to an aromatic ring is 1. The molecule has 0 aliphatic carbocycles. The number of nitrogens with zero attached hydrogens (tertiary/aromatic N) is 2. The van der Waals surface area contributed by atoms with E-state index in [0.717, 1.165) is 16.8 Å². The van der Waals surface area contributed by atoms with Crippen molar-refractivity contribution in [1.82, 2.24) is 0 Å². The van der Waals surface area contributed by atoms with Crippen molar-refractivity contribution in [3.05, 3.63) is 77.4 Å². The first-order chi connectivity index (χ1) is 14.3. The summed E-state index contributed by atoms with van der Waals surface area (Å²) in [4.78, 5) is 23.9. The number of hydrogen-bond donors (Lipinski definition) is 3. The number of nitrogens with two attached hydrogens (primary N) is 1. The van der Waals surface area contributed by atoms with Gasteiger partial charge < -0.3 is 16.4 Å². The highest BCUT2D eigenvalue weighted by atomic mass is 16.2. The smallest absolute Gasteiger partial charge is 0.255 e. The Morgan fingerprint density at radius 2 is 1.53 bits per heavy atom. The van der Waals surface area contributed by atoms with E-state index in [1.807, 2.05) is 32.0 Å². The molecule has 30 heavy (non-hydrogen) atoms. The third-order valence-electron chi connectivity index (χ3n) is 4.40. The highest BCUT2D eigenvalue weighted by molar-refractivity contribution is 6.05. The van der Waals surface area contributed by atoms with Gasteiger partial charge in [0.05, 0.1) is 11.4 Å². The summed E-state index contributed by atoms with van der Waals surface area (Å²) in [5.41, 5.74) is 11.0. The Kier molecular flexibility index (Phi) is 6.22. The monoisotopic (exact) mass is 401 g/mol. The zero-order valence-electron chi connectivity index (χ0n) is 17.1. The fraction of sp³-hybridized carbons (Fsp3) is 0.130. The number of carbonyl (C=O) groups is 2. The second-order valence-corrected chi connectivity index (χ2v) is 6.93. The van der Waals surface area contributed by atoms with Crippen molar-refractivity contribution in [3.8, 4) is 0 Å². The summed E-state index contributed by atoms with van der Waals surface area (Å²) in [6.07, 6.45) is 0. The molecule has 152 valence electrons. The second-order valence-electron chi connectivity index (χ2n) is 6.93. The maximum absolute atomic E-state index is 12.5. The summed E-state index contributed by atoms with van der Waals surface area (Å²) < 4.78 is 0. The summed E-state index contributed by atoms with van der Waals surface area (Å²) in [6.45, 7) is 5.26. The van der Waals surface area contributed by atoms with Crippen molar-refractivity contribution in [2.24, 2.45) is 10.2 Å². The number of amides is 2. The van der Waals surface area contributed by atoms with Crippen LogP contribution in [-0.2, 0) is 4.79 Å². The maximum Gasteiger partial charge on any atom is 0.255 e. The molecule has 0 aliphatic heterocycles. The molecule has 3 rings (SSSR count). The molecule has 0 fully saturated rings. The molecule has 3 aromatic rings. The predicted molar refractivity (Wildman–Crippen MR) is 120 cm³/mol. The van der Waals surface area contributed by atoms with Gasteiger partial charge >= 0.3 is 0 Å². The summed E-state index contributed by atoms with van der Waals surface area (Å²) in [5.74, 6) is -0.389. The number of nitrogens with one attached hydrogen (secondary N) is 2. The normalized spacial score (nSPS) is 10.8. The number of rotatable bonds is 5. The van der Waals surface area contributed by atoms with Gasteiger partial charge in [0.25, 0.3) is 5.91 Å². The van der Waals surface area contributed by atoms with E-state index >= 15 is 0 Å². The number of aryl methyl sites for hydroxylation is 2. The summed E-state index contributed by atoms with van der Waals surface area (Å²) in [6, 6.07) is 17.6. The highest BCUT2D eigenvalue weighted by Crippen LogP contribution is 2.31. The Morgan fingerprint density at radius 1 is 0.867 bits per heavy atom. The number of azo groups is 1. The van der Waals surface area contributed by atoms with E-state index in [9.17, 15) is 9.59 Å². The van der Waals surface area contributed by atoms with Gasteiger partial charge in [0.15, 0.2) is 0 Å². The lowest BCUT2D eigenvalue weighted by Gasteiger charge is -2.11. The minimum atomic E-state index is -0.260. The van der Waals surface area contributed by atoms with Gasteiger partial charge in [0, 0.05) is 23.9 Å². The van der Waals surface area contributed by atoms with E-state index in [4.69, 9.17) is 5.73 Å². The van der Waals surface area contributed by atoms with Crippen molar-refractivity contribution < 1.29 is 9.59 Å². The van der Waals surface area contributed by atoms with E-state index in [-0.39, 0.29) is 11.8 Å². The minimum absolute atomic E-state index is 0.128. The molecular formula is C23H23N5O2. The van der Waals surface area contributed by atoms with Gasteiger partial charge in [-0.1, -0.05) is 18.2 Å². The van der Waals surface area contributed by atoms with E-state index in [1.54, 1.807) is 42.5 Å². The molecule has 0 saturated heterocycles. The Morgan fingerprint density at radius 3 is 2.17 bits per heavy atom. The van der Waals surface area contributed by atoms with Crippen LogP contribution in [0.1, 0.15) is 28.4 Å². The molecule has 0 aromatic heterocycles. The van der Waals surface area contributed by atoms with Crippen LogP contribution in [0.3, 0.4) is 0 Å². The van der Waals surface area contributed by atoms with Crippen LogP contribution in [0.25, 0.3) is 0 Å². The van der Waals surface area contributed by atoms with Crippen LogP contribution in [0.2, 0.25) is 0 Å². The van der Waals surface area contributed by atoms with Crippen LogP contribution in [0.4, 0.5) is 28.4 Å². The van der Waals surface area contributed by atoms with Gasteiger partial charge in [-0.15, -0.1) is 5.11 Å². The predicted octanol–water partition coefficient (Wildman–Crippen LogP) is 5.51. The molecule has 4 N–H and O–H groups in total. The first-order valence-corrected chi connectivity index (χ1v) is 9.40. The molecular weight excluding hydrogens is 378 g/mol. The fourth-order valence-electron chi connectivity index (χ4n) is 3.01. The maximum atomic E-state index is 12.5. The van der Waals surface area contributed by atoms with Gasteiger partial charge in [-0.2, -0.15) is 5.11 Å². The topological polar surface area (TPSA) is 109 Å². The average molecular weight is 401 g/mol. The van der Waals surface area contributed by atoms with Gasteiger partial charge in [-0.3, -0.25) is 9.59 Å². The largest absolute Gasteiger partial charge is 0.399 e. The van der Waals surface area contributed by atoms with E-state index < -0.39 is 0 Å². The Bertz CT molecular complexity index is 1100. The molecule has 7 heteroatoms. The summed E-state index contributed by atoms with van der Waals surface area (Å²) >= 11 is 0. The number of hydrogen-bond acceptors (Lipinski definition) is 5. The summed E-state index contributed by atoms with van der Waals surface area (Å²) in [5, 5.41) is 14.3. The Labute approximate surface area is 175 Å². The number of anilines is 3. The van der Waals surface area contributed by atoms with Crippen molar-refractivity contribution in [1.29, 1.82) is 0 Å². The third-order valence-corrected chi connectivity index (χ3v) is 4.40. The molecule has 0 unspecified atom stereocenters. The van der Waals surface area contributed by atoms with Crippen molar-refractivity contribution in [2.75, 3.05) is 16.4 Å². The average Bonchev–Trinajstić information content (AvgIpc) is 2.70. The lowest BCUT2D eigenvalue weighted by atomic mass is 10.1. The molecule has 0 saturated carbocycles. The van der Waals surface area contributed by atoms with E-state index in [2.05, 4.69) is 20.9 Å². The van der Waals surface area contributed by atoms with Crippen LogP contribution in [0.15, 0.2) is 70.9 Å². The molecule has 0 atom stereocenters. The van der Waals surface area contributed by atoms with Gasteiger partial charge in [0.2, 0.25) is 5.91 Å². The van der Waals surface area contributed by atoms with E-state index in [0.29, 0.717) is 28.3 Å². The zero-order valence-corrected chi connectivity index (χ0v) is 17.1. The molecule has 0 spiro atoms. The Hall–Kier alpha value is -4.00. The van der Waals surface area contributed by atoms with Crippen molar-refractivity contribution in [2.45, 2.75) is 20.8 Å². The van der Waals surface area contributed by atoms with Crippen LogP contribution in [0.5, 0.6) is 0 Å². The van der Waals surface area contributed by atoms with Crippen LogP contribution >= 0.6 is 0 Å². The van der Waals surface area contributed by atoms with Crippen LogP contribution in [0, 0.1) is 13.8 Å². The van der Waals surface area contributed by atoms with Crippen LogP contribution < -0.4 is 16.4 Å². The molecule has 7 nitrogen and oxygen atoms in total. The first kappa shape index (κ1) is 20.7. The molecule has 2 amide bonds. The van der Waals surface area contributed by atoms with Gasteiger partial charge in [-0.25, -0.2) is 0 Å². The standard InChI is InChI=1S/C23H23N5O2/c1-14-11-19(12-15(2)22(14)25-16(3)29)27-28-20-10-9-18(24)13-21(20)26-23(30)17-7-5-4-6-8-17/h4-13H,24H2,1-3H3,(H,25,29)(H,26,30)/b28-27+. The quantitative estimate of drug-likeness (QED) is 0.387. The minimum Gasteiger partial charge on any atom is -0.399 e. The van der Waals surface area contributed by atoms with Gasteiger partial charge in [-0.05, 0) is 67.4 Å². The molecule has 0 heterocycles. The molecule has 0 radical (unpaired) electrons. The third kappa shape index (κ3) is 5.08. The molecule has 0 aliphatic rings. The van der Waals surface area contributed by atoms with Gasteiger partial charge in [0.1, 0.15) is 5.69 Å². The highest BCUT2D eigenvalue weighted by Gasteiger charge is 2.10. The molecule has 0 bridgehead atoms. The van der Waals surface area contributed by atoms with Crippen molar-refractivity contribution in [3.63, 3.8) is 0 Å².